The van der Waals surface area contributed by atoms with Crippen molar-refractivity contribution < 1.29 is 14.7 Å². The van der Waals surface area contributed by atoms with Gasteiger partial charge in [0.05, 0.1) is 0 Å². The maximum Gasteiger partial charge on any atom is 0.251 e. The third-order valence-corrected chi connectivity index (χ3v) is 3.27. The van der Waals surface area contributed by atoms with Crippen molar-refractivity contribution >= 4 is 11.7 Å². The average molecular weight is 243 g/mol. The SMILES string of the molecule is CC1CCOC1C(=O)N(C)C(C)CC(N)=NO. The molecule has 0 aliphatic carbocycles. The number of nitrogens with zero attached hydrogens (tertiary/aromatic N) is 2. The lowest BCUT2D eigenvalue weighted by molar-refractivity contribution is -0.142. The molecule has 0 saturated carbocycles. The highest BCUT2D eigenvalue weighted by atomic mass is 16.5. The first-order chi connectivity index (χ1) is 7.97. The van der Waals surface area contributed by atoms with Crippen molar-refractivity contribution in [1.29, 1.82) is 0 Å². The minimum atomic E-state index is -0.352. The number of oxime groups is 1. The molecular formula is C11H21N3O3. The van der Waals surface area contributed by atoms with Crippen LogP contribution in [0.25, 0.3) is 0 Å². The Hall–Kier alpha value is -1.30. The van der Waals surface area contributed by atoms with Gasteiger partial charge in [-0.3, -0.25) is 4.79 Å². The Bertz CT molecular complexity index is 306. The number of ether oxygens (including phenoxy) is 1. The van der Waals surface area contributed by atoms with E-state index < -0.39 is 0 Å². The first-order valence-corrected chi connectivity index (χ1v) is 5.82. The molecule has 1 fully saturated rings. The van der Waals surface area contributed by atoms with Gasteiger partial charge < -0.3 is 20.6 Å². The van der Waals surface area contributed by atoms with Gasteiger partial charge in [0.15, 0.2) is 0 Å². The molecular weight excluding hydrogens is 222 g/mol. The van der Waals surface area contributed by atoms with Crippen LogP contribution in [-0.2, 0) is 9.53 Å². The van der Waals surface area contributed by atoms with E-state index in [4.69, 9.17) is 15.7 Å². The number of hydrogen-bond acceptors (Lipinski definition) is 4. The van der Waals surface area contributed by atoms with E-state index in [1.807, 2.05) is 13.8 Å². The van der Waals surface area contributed by atoms with Crippen molar-refractivity contribution in [2.45, 2.75) is 38.8 Å². The Labute approximate surface area is 101 Å². The lowest BCUT2D eigenvalue weighted by Gasteiger charge is -2.28. The summed E-state index contributed by atoms with van der Waals surface area (Å²) in [7, 11) is 1.71. The Morgan fingerprint density at radius 2 is 2.35 bits per heavy atom. The molecule has 0 radical (unpaired) electrons. The van der Waals surface area contributed by atoms with Crippen molar-refractivity contribution in [3.05, 3.63) is 0 Å². The maximum absolute atomic E-state index is 12.1. The minimum absolute atomic E-state index is 0.0340. The molecule has 6 nitrogen and oxygen atoms in total. The van der Waals surface area contributed by atoms with E-state index in [0.29, 0.717) is 13.0 Å². The first-order valence-electron chi connectivity index (χ1n) is 5.82. The van der Waals surface area contributed by atoms with E-state index in [9.17, 15) is 4.79 Å². The highest BCUT2D eigenvalue weighted by molar-refractivity contribution is 5.84. The predicted molar refractivity (Wildman–Crippen MR) is 63.8 cm³/mol. The number of hydrogen-bond donors (Lipinski definition) is 2. The number of likely N-dealkylation sites (N-methyl/N-ethyl adjacent to an activating group) is 1. The standard InChI is InChI=1S/C11H21N3O3/c1-7-4-5-17-10(7)11(15)14(3)8(2)6-9(12)13-16/h7-8,10,16H,4-6H2,1-3H3,(H2,12,13). The lowest BCUT2D eigenvalue weighted by Crippen LogP contribution is -2.44. The molecule has 1 rings (SSSR count). The zero-order chi connectivity index (χ0) is 13.0. The average Bonchev–Trinajstić information content (AvgIpc) is 2.73. The van der Waals surface area contributed by atoms with Crippen LogP contribution < -0.4 is 5.73 Å². The highest BCUT2D eigenvalue weighted by Crippen LogP contribution is 2.22. The summed E-state index contributed by atoms with van der Waals surface area (Å²) in [4.78, 5) is 13.7. The van der Waals surface area contributed by atoms with Crippen LogP contribution in [0.5, 0.6) is 0 Å². The molecule has 0 aromatic heterocycles. The summed E-state index contributed by atoms with van der Waals surface area (Å²) in [5.74, 6) is 0.340. The Morgan fingerprint density at radius 1 is 1.71 bits per heavy atom. The summed E-state index contributed by atoms with van der Waals surface area (Å²) in [6.07, 6.45) is 0.911. The third-order valence-electron chi connectivity index (χ3n) is 3.27. The summed E-state index contributed by atoms with van der Waals surface area (Å²) < 4.78 is 5.43. The molecule has 1 aliphatic rings. The number of amidine groups is 1. The second kappa shape index (κ2) is 5.86. The first kappa shape index (κ1) is 13.8. The molecule has 0 spiro atoms. The summed E-state index contributed by atoms with van der Waals surface area (Å²) in [5.41, 5.74) is 5.42. The van der Waals surface area contributed by atoms with Crippen molar-refractivity contribution in [1.82, 2.24) is 4.90 Å². The largest absolute Gasteiger partial charge is 0.409 e. The number of nitrogens with two attached hydrogens (primary N) is 1. The molecule has 0 aromatic rings. The molecule has 3 atom stereocenters. The van der Waals surface area contributed by atoms with E-state index in [-0.39, 0.29) is 29.8 Å². The van der Waals surface area contributed by atoms with Crippen LogP contribution in [0, 0.1) is 5.92 Å². The number of amides is 1. The van der Waals surface area contributed by atoms with Crippen LogP contribution in [0.3, 0.4) is 0 Å². The minimum Gasteiger partial charge on any atom is -0.409 e. The fourth-order valence-electron chi connectivity index (χ4n) is 1.91. The maximum atomic E-state index is 12.1. The van der Waals surface area contributed by atoms with Crippen LogP contribution in [0.4, 0.5) is 0 Å². The van der Waals surface area contributed by atoms with Crippen molar-refractivity contribution in [3.8, 4) is 0 Å². The van der Waals surface area contributed by atoms with Gasteiger partial charge >= 0.3 is 0 Å². The van der Waals surface area contributed by atoms with Crippen LogP contribution >= 0.6 is 0 Å². The third kappa shape index (κ3) is 3.33. The molecule has 0 bridgehead atoms. The summed E-state index contributed by atoms with van der Waals surface area (Å²) in [6.45, 7) is 4.51. The van der Waals surface area contributed by atoms with Gasteiger partial charge in [-0.2, -0.15) is 0 Å². The lowest BCUT2D eigenvalue weighted by atomic mass is 10.0. The van der Waals surface area contributed by atoms with Gasteiger partial charge in [0.1, 0.15) is 11.9 Å². The summed E-state index contributed by atoms with van der Waals surface area (Å²) in [5, 5.41) is 11.4. The van der Waals surface area contributed by atoms with E-state index in [0.717, 1.165) is 6.42 Å². The van der Waals surface area contributed by atoms with Crippen molar-refractivity contribution in [3.63, 3.8) is 0 Å². The second-order valence-corrected chi connectivity index (χ2v) is 4.65. The number of carbonyl (C=O) groups is 1. The zero-order valence-electron chi connectivity index (χ0n) is 10.6. The fraction of sp³-hybridized carbons (Fsp3) is 0.818. The van der Waals surface area contributed by atoms with Gasteiger partial charge in [0.2, 0.25) is 0 Å². The Kier molecular flexibility index (Phi) is 4.74. The van der Waals surface area contributed by atoms with Crippen LogP contribution in [0.2, 0.25) is 0 Å². The van der Waals surface area contributed by atoms with Gasteiger partial charge in [-0.25, -0.2) is 0 Å². The van der Waals surface area contributed by atoms with Gasteiger partial charge in [0.25, 0.3) is 5.91 Å². The molecule has 3 N–H and O–H groups in total. The van der Waals surface area contributed by atoms with Gasteiger partial charge in [-0.1, -0.05) is 12.1 Å². The normalized spacial score (nSPS) is 26.9. The molecule has 3 unspecified atom stereocenters. The molecule has 6 heteroatoms. The van der Waals surface area contributed by atoms with Gasteiger partial charge in [0, 0.05) is 26.1 Å². The Balaban J connectivity index is 2.56. The zero-order valence-corrected chi connectivity index (χ0v) is 10.6. The molecule has 17 heavy (non-hydrogen) atoms. The smallest absolute Gasteiger partial charge is 0.251 e. The molecule has 1 heterocycles. The molecule has 1 amide bonds. The quantitative estimate of drug-likeness (QED) is 0.324. The predicted octanol–water partition coefficient (Wildman–Crippen LogP) is 0.395. The van der Waals surface area contributed by atoms with Crippen LogP contribution in [0.15, 0.2) is 5.16 Å². The van der Waals surface area contributed by atoms with Crippen molar-refractivity contribution in [2.24, 2.45) is 16.8 Å². The summed E-state index contributed by atoms with van der Waals surface area (Å²) >= 11 is 0. The van der Waals surface area contributed by atoms with Gasteiger partial charge in [-0.05, 0) is 19.3 Å². The van der Waals surface area contributed by atoms with Crippen LogP contribution in [0.1, 0.15) is 26.7 Å². The van der Waals surface area contributed by atoms with Crippen molar-refractivity contribution in [2.75, 3.05) is 13.7 Å². The Morgan fingerprint density at radius 3 is 2.82 bits per heavy atom. The highest BCUT2D eigenvalue weighted by Gasteiger charge is 2.34. The van der Waals surface area contributed by atoms with E-state index in [1.165, 1.54) is 0 Å². The van der Waals surface area contributed by atoms with E-state index in [2.05, 4.69) is 5.16 Å². The topological polar surface area (TPSA) is 88.2 Å². The molecule has 98 valence electrons. The monoisotopic (exact) mass is 243 g/mol. The molecule has 1 saturated heterocycles. The fourth-order valence-corrected chi connectivity index (χ4v) is 1.91. The second-order valence-electron chi connectivity index (χ2n) is 4.65. The van der Waals surface area contributed by atoms with E-state index >= 15 is 0 Å². The number of rotatable bonds is 4. The molecule has 1 aliphatic heterocycles. The van der Waals surface area contributed by atoms with Gasteiger partial charge in [-0.15, -0.1) is 0 Å². The van der Waals surface area contributed by atoms with Crippen LogP contribution in [-0.4, -0.2) is 47.7 Å². The number of carbonyl (C=O) groups excluding carboxylic acids is 1. The summed E-state index contributed by atoms with van der Waals surface area (Å²) in [6, 6.07) is -0.116. The van der Waals surface area contributed by atoms with E-state index in [1.54, 1.807) is 11.9 Å². The molecule has 0 aromatic carbocycles.